The molecule has 2 rings (SSSR count). The summed E-state index contributed by atoms with van der Waals surface area (Å²) in [5, 5.41) is 6.92. The summed E-state index contributed by atoms with van der Waals surface area (Å²) in [6.45, 7) is 15.9. The first-order valence-corrected chi connectivity index (χ1v) is 9.67. The number of hydrogen-bond donors (Lipinski definition) is 2. The summed E-state index contributed by atoms with van der Waals surface area (Å²) in [6.07, 6.45) is 5.13. The molecule has 1 aromatic heterocycles. The third-order valence-corrected chi connectivity index (χ3v) is 4.58. The van der Waals surface area contributed by atoms with Crippen LogP contribution in [0.5, 0.6) is 0 Å². The average molecular weight is 362 g/mol. The maximum Gasteiger partial charge on any atom is 0.191 e. The fraction of sp³-hybridized carbons (Fsp3) is 0.667. The van der Waals surface area contributed by atoms with E-state index in [9.17, 15) is 0 Å². The van der Waals surface area contributed by atoms with Crippen molar-refractivity contribution >= 4 is 5.96 Å². The van der Waals surface area contributed by atoms with E-state index < -0.39 is 0 Å². The lowest BCUT2D eigenvalue weighted by atomic mass is 9.78. The number of furan rings is 1. The number of hydrogen-bond acceptors (Lipinski definition) is 3. The molecule has 0 amide bonds. The van der Waals surface area contributed by atoms with Crippen molar-refractivity contribution in [3.63, 3.8) is 0 Å². The Kier molecular flexibility index (Phi) is 7.76. The van der Waals surface area contributed by atoms with Crippen LogP contribution in [0.3, 0.4) is 0 Å². The normalized spacial score (nSPS) is 21.5. The highest BCUT2D eigenvalue weighted by Gasteiger charge is 2.35. The van der Waals surface area contributed by atoms with Gasteiger partial charge < -0.3 is 19.8 Å². The summed E-state index contributed by atoms with van der Waals surface area (Å²) in [6, 6.07) is 3.91. The van der Waals surface area contributed by atoms with Gasteiger partial charge in [-0.1, -0.05) is 32.9 Å². The third-order valence-electron chi connectivity index (χ3n) is 4.58. The molecule has 1 aliphatic heterocycles. The molecule has 0 aliphatic carbocycles. The standard InChI is InChI=1S/C21H35N3O2/c1-16(2)14-23-20(22-11-10-18-9-7-12-25-18)24-15-17-8-6-13-26-19(17)21(3,4)5/h7,9,12,17,19H,1,6,8,10-11,13-15H2,2-5H3,(H2,22,23,24). The van der Waals surface area contributed by atoms with E-state index in [4.69, 9.17) is 9.15 Å². The second kappa shape index (κ2) is 9.81. The lowest BCUT2D eigenvalue weighted by Gasteiger charge is -2.40. The first-order chi connectivity index (χ1) is 12.4. The fourth-order valence-electron chi connectivity index (χ4n) is 3.38. The molecule has 2 atom stereocenters. The average Bonchev–Trinajstić information content (AvgIpc) is 3.09. The zero-order valence-electron chi connectivity index (χ0n) is 16.8. The molecule has 5 nitrogen and oxygen atoms in total. The minimum atomic E-state index is 0.147. The zero-order valence-corrected chi connectivity index (χ0v) is 16.8. The van der Waals surface area contributed by atoms with Crippen molar-refractivity contribution in [2.75, 3.05) is 26.2 Å². The van der Waals surface area contributed by atoms with Crippen molar-refractivity contribution in [3.8, 4) is 0 Å². The highest BCUT2D eigenvalue weighted by molar-refractivity contribution is 5.79. The van der Waals surface area contributed by atoms with Gasteiger partial charge in [-0.05, 0) is 37.3 Å². The van der Waals surface area contributed by atoms with Crippen LogP contribution in [0, 0.1) is 11.3 Å². The molecule has 146 valence electrons. The monoisotopic (exact) mass is 361 g/mol. The van der Waals surface area contributed by atoms with Crippen molar-refractivity contribution in [2.24, 2.45) is 16.3 Å². The molecule has 5 heteroatoms. The summed E-state index contributed by atoms with van der Waals surface area (Å²) in [5.41, 5.74) is 1.19. The minimum absolute atomic E-state index is 0.147. The van der Waals surface area contributed by atoms with Crippen molar-refractivity contribution < 1.29 is 9.15 Å². The molecule has 0 aromatic carbocycles. The molecule has 1 aromatic rings. The molecular formula is C21H35N3O2. The van der Waals surface area contributed by atoms with Crippen LogP contribution >= 0.6 is 0 Å². The van der Waals surface area contributed by atoms with Gasteiger partial charge >= 0.3 is 0 Å². The van der Waals surface area contributed by atoms with Crippen molar-refractivity contribution in [3.05, 3.63) is 36.3 Å². The lowest BCUT2D eigenvalue weighted by molar-refractivity contribution is -0.0835. The van der Waals surface area contributed by atoms with Crippen molar-refractivity contribution in [1.82, 2.24) is 10.6 Å². The largest absolute Gasteiger partial charge is 0.469 e. The number of guanidine groups is 1. The SMILES string of the molecule is C=C(C)CN=C(NCCc1ccco1)NCC1CCCOC1C(C)(C)C. The molecule has 1 saturated heterocycles. The maximum absolute atomic E-state index is 6.09. The van der Waals surface area contributed by atoms with Crippen LogP contribution in [0.25, 0.3) is 0 Å². The van der Waals surface area contributed by atoms with E-state index in [1.54, 1.807) is 6.26 Å². The summed E-state index contributed by atoms with van der Waals surface area (Å²) in [7, 11) is 0. The predicted octanol–water partition coefficient (Wildman–Crippen LogP) is 3.77. The third kappa shape index (κ3) is 6.87. The van der Waals surface area contributed by atoms with E-state index in [0.717, 1.165) is 49.8 Å². The molecule has 0 spiro atoms. The molecule has 2 unspecified atom stereocenters. The Hall–Kier alpha value is -1.75. The molecule has 0 bridgehead atoms. The number of ether oxygens (including phenoxy) is 1. The number of rotatable bonds is 7. The first kappa shape index (κ1) is 20.6. The van der Waals surface area contributed by atoms with Gasteiger partial charge in [0, 0.05) is 32.0 Å². The summed E-state index contributed by atoms with van der Waals surface area (Å²) < 4.78 is 11.5. The van der Waals surface area contributed by atoms with Gasteiger partial charge in [0.25, 0.3) is 0 Å². The molecule has 2 heterocycles. The van der Waals surface area contributed by atoms with E-state index in [0.29, 0.717) is 12.5 Å². The molecule has 1 aliphatic rings. The number of aliphatic imine (C=N–C) groups is 1. The molecule has 0 radical (unpaired) electrons. The van der Waals surface area contributed by atoms with Crippen molar-refractivity contribution in [2.45, 2.75) is 53.1 Å². The van der Waals surface area contributed by atoms with Gasteiger partial charge in [-0.2, -0.15) is 0 Å². The Bertz CT molecular complexity index is 573. The smallest absolute Gasteiger partial charge is 0.191 e. The number of nitrogens with zero attached hydrogens (tertiary/aromatic N) is 1. The summed E-state index contributed by atoms with van der Waals surface area (Å²) in [4.78, 5) is 4.64. The quantitative estimate of drug-likeness (QED) is 0.441. The van der Waals surface area contributed by atoms with E-state index in [-0.39, 0.29) is 11.5 Å². The first-order valence-electron chi connectivity index (χ1n) is 9.67. The van der Waals surface area contributed by atoms with E-state index in [1.807, 2.05) is 19.1 Å². The second-order valence-corrected chi connectivity index (χ2v) is 8.32. The fourth-order valence-corrected chi connectivity index (χ4v) is 3.38. The van der Waals surface area contributed by atoms with Crippen LogP contribution in [-0.4, -0.2) is 38.3 Å². The molecule has 0 saturated carbocycles. The predicted molar refractivity (Wildman–Crippen MR) is 107 cm³/mol. The van der Waals surface area contributed by atoms with Crippen LogP contribution in [0.15, 0.2) is 40.0 Å². The lowest BCUT2D eigenvalue weighted by Crippen LogP contribution is -2.47. The highest BCUT2D eigenvalue weighted by Crippen LogP contribution is 2.33. The van der Waals surface area contributed by atoms with Gasteiger partial charge in [0.15, 0.2) is 5.96 Å². The van der Waals surface area contributed by atoms with Gasteiger partial charge in [0.1, 0.15) is 5.76 Å². The highest BCUT2D eigenvalue weighted by atomic mass is 16.5. The van der Waals surface area contributed by atoms with E-state index in [2.05, 4.69) is 43.0 Å². The Morgan fingerprint density at radius 1 is 1.35 bits per heavy atom. The molecule has 26 heavy (non-hydrogen) atoms. The van der Waals surface area contributed by atoms with Gasteiger partial charge in [0.2, 0.25) is 0 Å². The number of nitrogens with one attached hydrogen (secondary N) is 2. The Balaban J connectivity index is 1.90. The van der Waals surface area contributed by atoms with E-state index in [1.165, 1.54) is 6.42 Å². The van der Waals surface area contributed by atoms with Crippen LogP contribution in [0.4, 0.5) is 0 Å². The van der Waals surface area contributed by atoms with Crippen LogP contribution in [-0.2, 0) is 11.2 Å². The van der Waals surface area contributed by atoms with Crippen LogP contribution < -0.4 is 10.6 Å². The van der Waals surface area contributed by atoms with Crippen LogP contribution in [0.2, 0.25) is 0 Å². The van der Waals surface area contributed by atoms with Gasteiger partial charge in [-0.15, -0.1) is 0 Å². The summed E-state index contributed by atoms with van der Waals surface area (Å²) in [5.74, 6) is 2.30. The zero-order chi connectivity index (χ0) is 19.0. The van der Waals surface area contributed by atoms with E-state index >= 15 is 0 Å². The maximum atomic E-state index is 6.09. The molecular weight excluding hydrogens is 326 g/mol. The Morgan fingerprint density at radius 3 is 2.81 bits per heavy atom. The van der Waals surface area contributed by atoms with Gasteiger partial charge in [-0.3, -0.25) is 0 Å². The topological polar surface area (TPSA) is 58.8 Å². The second-order valence-electron chi connectivity index (χ2n) is 8.32. The van der Waals surface area contributed by atoms with Crippen LogP contribution in [0.1, 0.15) is 46.3 Å². The summed E-state index contributed by atoms with van der Waals surface area (Å²) >= 11 is 0. The van der Waals surface area contributed by atoms with Gasteiger partial charge in [0.05, 0.1) is 18.9 Å². The molecule has 2 N–H and O–H groups in total. The molecule has 1 fully saturated rings. The van der Waals surface area contributed by atoms with Crippen molar-refractivity contribution in [1.29, 1.82) is 0 Å². The Morgan fingerprint density at radius 2 is 2.15 bits per heavy atom. The minimum Gasteiger partial charge on any atom is -0.469 e. The van der Waals surface area contributed by atoms with Gasteiger partial charge in [-0.25, -0.2) is 4.99 Å². The Labute approximate surface area is 158 Å².